The van der Waals surface area contributed by atoms with Crippen LogP contribution in [0.4, 0.5) is 0 Å². The van der Waals surface area contributed by atoms with E-state index in [1.165, 1.54) is 6.92 Å². The average Bonchev–Trinajstić information content (AvgIpc) is 2.58. The molecule has 0 radical (unpaired) electrons. The Morgan fingerprint density at radius 3 is 1.91 bits per heavy atom. The Morgan fingerprint density at radius 2 is 1.45 bits per heavy atom. The highest BCUT2D eigenvalue weighted by molar-refractivity contribution is 5.86. The highest BCUT2D eigenvalue weighted by atomic mass is 16.1. The third-order valence-corrected chi connectivity index (χ3v) is 4.59. The molecule has 2 atom stereocenters. The molecule has 0 unspecified atom stereocenters. The molecule has 0 bridgehead atoms. The number of ketones is 1. The first-order chi connectivity index (χ1) is 10.5. The van der Waals surface area contributed by atoms with Crippen LogP contribution < -0.4 is 0 Å². The van der Waals surface area contributed by atoms with E-state index in [2.05, 4.69) is 0 Å². The van der Waals surface area contributed by atoms with Gasteiger partial charge >= 0.3 is 0 Å². The summed E-state index contributed by atoms with van der Waals surface area (Å²) in [6.45, 7) is 1.44. The van der Waals surface area contributed by atoms with E-state index < -0.39 is 22.7 Å². The highest BCUT2D eigenvalue weighted by Gasteiger charge is 2.66. The second kappa shape index (κ2) is 5.33. The Hall–Kier alpha value is -3.15. The SMILES string of the molecule is C[C@H]1C(=O)C[C@H](c2ccccc2)C(C#N)(C#N)C1(C#N)C#N. The maximum atomic E-state index is 12.3. The number of nitrogens with zero attached hydrogens (tertiary/aromatic N) is 4. The van der Waals surface area contributed by atoms with Gasteiger partial charge in [-0.1, -0.05) is 37.3 Å². The second-order valence-corrected chi connectivity index (χ2v) is 5.42. The fourth-order valence-electron chi connectivity index (χ4n) is 3.19. The van der Waals surface area contributed by atoms with Gasteiger partial charge in [0.2, 0.25) is 0 Å². The van der Waals surface area contributed by atoms with Crippen LogP contribution >= 0.6 is 0 Å². The van der Waals surface area contributed by atoms with Crippen molar-refractivity contribution in [1.82, 2.24) is 0 Å². The summed E-state index contributed by atoms with van der Waals surface area (Å²) in [5.41, 5.74) is -3.25. The van der Waals surface area contributed by atoms with Crippen LogP contribution in [0.1, 0.15) is 24.8 Å². The van der Waals surface area contributed by atoms with E-state index in [1.54, 1.807) is 30.3 Å². The van der Waals surface area contributed by atoms with Gasteiger partial charge in [-0.15, -0.1) is 0 Å². The van der Waals surface area contributed by atoms with Gasteiger partial charge in [0.05, 0.1) is 24.3 Å². The fraction of sp³-hybridized carbons (Fsp3) is 0.353. The summed E-state index contributed by atoms with van der Waals surface area (Å²) in [4.78, 5) is 12.3. The molecule has 0 saturated heterocycles. The fourth-order valence-corrected chi connectivity index (χ4v) is 3.19. The van der Waals surface area contributed by atoms with Crippen molar-refractivity contribution in [3.05, 3.63) is 35.9 Å². The lowest BCUT2D eigenvalue weighted by molar-refractivity contribution is -0.130. The van der Waals surface area contributed by atoms with Crippen LogP contribution in [-0.4, -0.2) is 5.78 Å². The predicted octanol–water partition coefficient (Wildman–Crippen LogP) is 2.45. The zero-order chi connectivity index (χ0) is 16.4. The van der Waals surface area contributed by atoms with Crippen LogP contribution in [0.15, 0.2) is 30.3 Å². The van der Waals surface area contributed by atoms with Crippen molar-refractivity contribution in [3.8, 4) is 24.3 Å². The van der Waals surface area contributed by atoms with Gasteiger partial charge in [0.15, 0.2) is 10.8 Å². The highest BCUT2D eigenvalue weighted by Crippen LogP contribution is 2.57. The van der Waals surface area contributed by atoms with Crippen LogP contribution in [0.3, 0.4) is 0 Å². The molecule has 5 heteroatoms. The lowest BCUT2D eigenvalue weighted by Crippen LogP contribution is -2.53. The Morgan fingerprint density at radius 1 is 0.955 bits per heavy atom. The van der Waals surface area contributed by atoms with Crippen molar-refractivity contribution in [2.75, 3.05) is 0 Å². The lowest BCUT2D eigenvalue weighted by Gasteiger charge is -2.44. The topological polar surface area (TPSA) is 112 Å². The van der Waals surface area contributed by atoms with Crippen LogP contribution in [0.2, 0.25) is 0 Å². The van der Waals surface area contributed by atoms with Gasteiger partial charge in [-0.25, -0.2) is 0 Å². The number of benzene rings is 1. The van der Waals surface area contributed by atoms with Gasteiger partial charge in [0.25, 0.3) is 0 Å². The Kier molecular flexibility index (Phi) is 3.69. The predicted molar refractivity (Wildman–Crippen MR) is 75.3 cm³/mol. The summed E-state index contributed by atoms with van der Waals surface area (Å²) in [5.74, 6) is -2.06. The molecule has 22 heavy (non-hydrogen) atoms. The standard InChI is InChI=1S/C17H12N4O/c1-12-15(22)7-14(13-5-3-2-4-6-13)17(10-20,11-21)16(12,8-18)9-19/h2-6,12,14H,7H2,1H3/t12-,14+/m0/s1. The Labute approximate surface area is 128 Å². The van der Waals surface area contributed by atoms with Crippen LogP contribution in [0.5, 0.6) is 0 Å². The number of hydrogen-bond acceptors (Lipinski definition) is 5. The molecule has 1 aliphatic rings. The summed E-state index contributed by atoms with van der Waals surface area (Å²) in [7, 11) is 0. The Balaban J connectivity index is 2.80. The molecule has 1 fully saturated rings. The molecular formula is C17H12N4O. The minimum atomic E-state index is -1.98. The first-order valence-corrected chi connectivity index (χ1v) is 6.75. The summed E-state index contributed by atoms with van der Waals surface area (Å²) < 4.78 is 0. The molecule has 0 heterocycles. The average molecular weight is 288 g/mol. The van der Waals surface area contributed by atoms with E-state index in [-0.39, 0.29) is 12.2 Å². The van der Waals surface area contributed by atoms with Gasteiger partial charge in [-0.05, 0) is 5.56 Å². The molecule has 5 nitrogen and oxygen atoms in total. The number of Topliss-reactive ketones (excluding diaryl/α,β-unsaturated/α-hetero) is 1. The molecule has 0 aromatic heterocycles. The molecule has 0 aliphatic heterocycles. The van der Waals surface area contributed by atoms with Crippen LogP contribution in [0.25, 0.3) is 0 Å². The third-order valence-electron chi connectivity index (χ3n) is 4.59. The molecule has 0 spiro atoms. The summed E-state index contributed by atoms with van der Waals surface area (Å²) >= 11 is 0. The van der Waals surface area contributed by atoms with E-state index in [0.717, 1.165) is 0 Å². The lowest BCUT2D eigenvalue weighted by atomic mass is 9.48. The number of carbonyl (C=O) groups excluding carboxylic acids is 1. The minimum absolute atomic E-state index is 0.0303. The number of carbonyl (C=O) groups is 1. The van der Waals surface area contributed by atoms with Crippen molar-refractivity contribution in [1.29, 1.82) is 21.0 Å². The molecular weight excluding hydrogens is 276 g/mol. The monoisotopic (exact) mass is 288 g/mol. The van der Waals surface area contributed by atoms with Crippen molar-refractivity contribution in [2.45, 2.75) is 19.3 Å². The first-order valence-electron chi connectivity index (χ1n) is 6.75. The van der Waals surface area contributed by atoms with E-state index in [9.17, 15) is 25.8 Å². The van der Waals surface area contributed by atoms with E-state index in [0.29, 0.717) is 5.56 Å². The molecule has 1 aliphatic carbocycles. The zero-order valence-corrected chi connectivity index (χ0v) is 11.9. The van der Waals surface area contributed by atoms with Crippen molar-refractivity contribution in [2.24, 2.45) is 16.7 Å². The number of nitriles is 4. The molecule has 1 aromatic rings. The van der Waals surface area contributed by atoms with E-state index in [4.69, 9.17) is 0 Å². The van der Waals surface area contributed by atoms with Gasteiger partial charge < -0.3 is 0 Å². The normalized spacial score (nSPS) is 25.0. The maximum absolute atomic E-state index is 12.3. The first kappa shape index (κ1) is 15.2. The molecule has 0 amide bonds. The summed E-state index contributed by atoms with van der Waals surface area (Å²) in [5, 5.41) is 38.5. The smallest absolute Gasteiger partial charge is 0.185 e. The molecule has 1 aromatic carbocycles. The second-order valence-electron chi connectivity index (χ2n) is 5.42. The zero-order valence-electron chi connectivity index (χ0n) is 11.9. The molecule has 1 saturated carbocycles. The quantitative estimate of drug-likeness (QED) is 0.787. The third kappa shape index (κ3) is 1.70. The van der Waals surface area contributed by atoms with Crippen LogP contribution in [-0.2, 0) is 4.79 Å². The van der Waals surface area contributed by atoms with E-state index in [1.807, 2.05) is 24.3 Å². The van der Waals surface area contributed by atoms with E-state index >= 15 is 0 Å². The van der Waals surface area contributed by atoms with Crippen molar-refractivity contribution in [3.63, 3.8) is 0 Å². The maximum Gasteiger partial charge on any atom is 0.185 e. The summed E-state index contributed by atoms with van der Waals surface area (Å²) in [6, 6.07) is 16.1. The van der Waals surface area contributed by atoms with Gasteiger partial charge in [-0.2, -0.15) is 21.0 Å². The molecule has 106 valence electrons. The number of hydrogen-bond donors (Lipinski definition) is 0. The Bertz CT molecular complexity index is 742. The van der Waals surface area contributed by atoms with Gasteiger partial charge in [-0.3, -0.25) is 4.79 Å². The minimum Gasteiger partial charge on any atom is -0.299 e. The van der Waals surface area contributed by atoms with Gasteiger partial charge in [0.1, 0.15) is 5.78 Å². The molecule has 2 rings (SSSR count). The van der Waals surface area contributed by atoms with Crippen molar-refractivity contribution < 1.29 is 4.79 Å². The largest absolute Gasteiger partial charge is 0.299 e. The van der Waals surface area contributed by atoms with Crippen molar-refractivity contribution >= 4 is 5.78 Å². The van der Waals surface area contributed by atoms with Crippen LogP contribution in [0, 0.1) is 62.1 Å². The van der Waals surface area contributed by atoms with Gasteiger partial charge in [0, 0.05) is 18.3 Å². The summed E-state index contributed by atoms with van der Waals surface area (Å²) in [6.07, 6.45) is -0.0303. The number of rotatable bonds is 1. The molecule has 0 N–H and O–H groups in total.